The number of furan rings is 1. The zero-order valence-electron chi connectivity index (χ0n) is 16.3. The standard InChI is InChI=1S/C21H31N3O3/c1-18(15-26-16-19-8-4-3-5-9-19)14-24-21(22-2)23-11-7-12-25-17-20-10-6-13-27-20/h3-6,8-10,13,18H,7,11-12,14-17H2,1-2H3,(H2,22,23,24). The Hall–Kier alpha value is -2.31. The van der Waals surface area contributed by atoms with Gasteiger partial charge < -0.3 is 24.5 Å². The van der Waals surface area contributed by atoms with Crippen LogP contribution in [0.5, 0.6) is 0 Å². The first kappa shape index (κ1) is 21.0. The molecule has 2 rings (SSSR count). The van der Waals surface area contributed by atoms with Gasteiger partial charge in [0.2, 0.25) is 0 Å². The number of nitrogens with one attached hydrogen (secondary N) is 2. The first-order valence-corrected chi connectivity index (χ1v) is 9.44. The molecule has 2 aromatic rings. The highest BCUT2D eigenvalue weighted by Crippen LogP contribution is 2.03. The molecule has 0 aliphatic rings. The highest BCUT2D eigenvalue weighted by molar-refractivity contribution is 5.79. The fraction of sp³-hybridized carbons (Fsp3) is 0.476. The molecule has 0 bridgehead atoms. The Kier molecular flexibility index (Phi) is 10.1. The van der Waals surface area contributed by atoms with Crippen molar-refractivity contribution in [2.75, 3.05) is 33.4 Å². The van der Waals surface area contributed by atoms with E-state index < -0.39 is 0 Å². The van der Waals surface area contributed by atoms with E-state index in [1.807, 2.05) is 30.3 Å². The molecular weight excluding hydrogens is 342 g/mol. The molecule has 0 aliphatic carbocycles. The predicted molar refractivity (Wildman–Crippen MR) is 108 cm³/mol. The van der Waals surface area contributed by atoms with E-state index in [1.165, 1.54) is 5.56 Å². The van der Waals surface area contributed by atoms with Crippen LogP contribution in [0.2, 0.25) is 0 Å². The van der Waals surface area contributed by atoms with Crippen molar-refractivity contribution in [3.05, 3.63) is 60.1 Å². The summed E-state index contributed by atoms with van der Waals surface area (Å²) in [6, 6.07) is 14.0. The Bertz CT molecular complexity index is 629. The van der Waals surface area contributed by atoms with Crippen LogP contribution < -0.4 is 10.6 Å². The second kappa shape index (κ2) is 12.9. The van der Waals surface area contributed by atoms with E-state index in [9.17, 15) is 0 Å². The van der Waals surface area contributed by atoms with Crippen LogP contribution in [0.25, 0.3) is 0 Å². The van der Waals surface area contributed by atoms with Gasteiger partial charge in [0.1, 0.15) is 12.4 Å². The number of benzene rings is 1. The summed E-state index contributed by atoms with van der Waals surface area (Å²) in [5.41, 5.74) is 1.20. The lowest BCUT2D eigenvalue weighted by molar-refractivity contribution is 0.0931. The van der Waals surface area contributed by atoms with E-state index >= 15 is 0 Å². The minimum absolute atomic E-state index is 0.392. The molecule has 148 valence electrons. The van der Waals surface area contributed by atoms with Crippen LogP contribution in [-0.2, 0) is 22.7 Å². The molecule has 0 radical (unpaired) electrons. The van der Waals surface area contributed by atoms with Crippen LogP contribution in [0.4, 0.5) is 0 Å². The molecule has 0 saturated heterocycles. The summed E-state index contributed by atoms with van der Waals surface area (Å²) in [6.45, 7) is 6.32. The predicted octanol–water partition coefficient (Wildman–Crippen LogP) is 3.20. The molecule has 1 unspecified atom stereocenters. The van der Waals surface area contributed by atoms with Crippen LogP contribution in [0.1, 0.15) is 24.7 Å². The second-order valence-electron chi connectivity index (χ2n) is 6.47. The van der Waals surface area contributed by atoms with Crippen molar-refractivity contribution in [2.24, 2.45) is 10.9 Å². The van der Waals surface area contributed by atoms with E-state index in [0.717, 1.165) is 31.2 Å². The van der Waals surface area contributed by atoms with Gasteiger partial charge in [0, 0.05) is 26.7 Å². The van der Waals surface area contributed by atoms with Crippen molar-refractivity contribution in [1.29, 1.82) is 0 Å². The molecule has 0 spiro atoms. The van der Waals surface area contributed by atoms with E-state index in [4.69, 9.17) is 13.9 Å². The van der Waals surface area contributed by atoms with Gasteiger partial charge in [0.15, 0.2) is 5.96 Å². The Morgan fingerprint density at radius 3 is 2.67 bits per heavy atom. The summed E-state index contributed by atoms with van der Waals surface area (Å²) in [4.78, 5) is 4.24. The lowest BCUT2D eigenvalue weighted by Gasteiger charge is -2.16. The Labute approximate surface area is 162 Å². The fourth-order valence-corrected chi connectivity index (χ4v) is 2.45. The maximum Gasteiger partial charge on any atom is 0.190 e. The van der Waals surface area contributed by atoms with Gasteiger partial charge in [-0.3, -0.25) is 4.99 Å². The fourth-order valence-electron chi connectivity index (χ4n) is 2.45. The first-order chi connectivity index (χ1) is 13.3. The summed E-state index contributed by atoms with van der Waals surface area (Å²) in [5.74, 6) is 2.05. The van der Waals surface area contributed by atoms with Gasteiger partial charge in [0.05, 0.1) is 19.5 Å². The third-order valence-electron chi connectivity index (χ3n) is 3.94. The van der Waals surface area contributed by atoms with E-state index in [1.54, 1.807) is 13.3 Å². The van der Waals surface area contributed by atoms with Crippen molar-refractivity contribution < 1.29 is 13.9 Å². The van der Waals surface area contributed by atoms with E-state index in [-0.39, 0.29) is 0 Å². The molecule has 0 amide bonds. The summed E-state index contributed by atoms with van der Waals surface area (Å²) < 4.78 is 16.6. The third kappa shape index (κ3) is 9.26. The molecular formula is C21H31N3O3. The smallest absolute Gasteiger partial charge is 0.190 e. The number of hydrogen-bond acceptors (Lipinski definition) is 4. The molecule has 0 aliphatic heterocycles. The van der Waals surface area contributed by atoms with Gasteiger partial charge in [0.25, 0.3) is 0 Å². The largest absolute Gasteiger partial charge is 0.467 e. The number of ether oxygens (including phenoxy) is 2. The SMILES string of the molecule is CN=C(NCCCOCc1ccco1)NCC(C)COCc1ccccc1. The molecule has 0 fully saturated rings. The number of guanidine groups is 1. The van der Waals surface area contributed by atoms with Crippen LogP contribution in [0.3, 0.4) is 0 Å². The lowest BCUT2D eigenvalue weighted by atomic mass is 10.2. The van der Waals surface area contributed by atoms with Gasteiger partial charge in [-0.15, -0.1) is 0 Å². The van der Waals surface area contributed by atoms with Gasteiger partial charge in [-0.25, -0.2) is 0 Å². The summed E-state index contributed by atoms with van der Waals surface area (Å²) >= 11 is 0. The van der Waals surface area contributed by atoms with Gasteiger partial charge >= 0.3 is 0 Å². The van der Waals surface area contributed by atoms with Crippen molar-refractivity contribution in [3.63, 3.8) is 0 Å². The van der Waals surface area contributed by atoms with Crippen LogP contribution >= 0.6 is 0 Å². The molecule has 6 heteroatoms. The number of nitrogens with zero attached hydrogens (tertiary/aromatic N) is 1. The molecule has 1 aromatic heterocycles. The Morgan fingerprint density at radius 2 is 1.93 bits per heavy atom. The van der Waals surface area contributed by atoms with Gasteiger partial charge in [-0.1, -0.05) is 37.3 Å². The summed E-state index contributed by atoms with van der Waals surface area (Å²) in [7, 11) is 1.78. The molecule has 6 nitrogen and oxygen atoms in total. The van der Waals surface area contributed by atoms with Crippen LogP contribution in [0.15, 0.2) is 58.1 Å². The lowest BCUT2D eigenvalue weighted by Crippen LogP contribution is -2.40. The Balaban J connectivity index is 1.48. The quantitative estimate of drug-likeness (QED) is 0.340. The molecule has 1 atom stereocenters. The topological polar surface area (TPSA) is 68.0 Å². The van der Waals surface area contributed by atoms with E-state index in [0.29, 0.717) is 32.3 Å². The molecule has 27 heavy (non-hydrogen) atoms. The van der Waals surface area contributed by atoms with Crippen LogP contribution in [-0.4, -0.2) is 39.3 Å². The van der Waals surface area contributed by atoms with Crippen LogP contribution in [0, 0.1) is 5.92 Å². The minimum Gasteiger partial charge on any atom is -0.467 e. The number of rotatable bonds is 12. The summed E-state index contributed by atoms with van der Waals surface area (Å²) in [5, 5.41) is 6.63. The highest BCUT2D eigenvalue weighted by atomic mass is 16.5. The normalized spacial score (nSPS) is 12.7. The number of aliphatic imine (C=N–C) groups is 1. The zero-order valence-corrected chi connectivity index (χ0v) is 16.3. The molecule has 2 N–H and O–H groups in total. The minimum atomic E-state index is 0.392. The van der Waals surface area contributed by atoms with Gasteiger partial charge in [-0.2, -0.15) is 0 Å². The third-order valence-corrected chi connectivity index (χ3v) is 3.94. The van der Waals surface area contributed by atoms with E-state index in [2.05, 4.69) is 34.7 Å². The second-order valence-corrected chi connectivity index (χ2v) is 6.47. The highest BCUT2D eigenvalue weighted by Gasteiger charge is 2.05. The monoisotopic (exact) mass is 373 g/mol. The average molecular weight is 373 g/mol. The Morgan fingerprint density at radius 1 is 1.07 bits per heavy atom. The molecule has 0 saturated carbocycles. The zero-order chi connectivity index (χ0) is 19.2. The first-order valence-electron chi connectivity index (χ1n) is 9.44. The maximum absolute atomic E-state index is 5.78. The average Bonchev–Trinajstić information content (AvgIpc) is 3.21. The molecule has 1 aromatic carbocycles. The number of hydrogen-bond donors (Lipinski definition) is 2. The van der Waals surface area contributed by atoms with Gasteiger partial charge in [-0.05, 0) is 30.0 Å². The van der Waals surface area contributed by atoms with Crippen molar-refractivity contribution in [1.82, 2.24) is 10.6 Å². The maximum atomic E-state index is 5.78. The molecule has 1 heterocycles. The van der Waals surface area contributed by atoms with Crippen molar-refractivity contribution >= 4 is 5.96 Å². The summed E-state index contributed by atoms with van der Waals surface area (Å²) in [6.07, 6.45) is 2.56. The van der Waals surface area contributed by atoms with Crippen molar-refractivity contribution in [2.45, 2.75) is 26.6 Å². The van der Waals surface area contributed by atoms with Crippen molar-refractivity contribution in [3.8, 4) is 0 Å².